The van der Waals surface area contributed by atoms with Gasteiger partial charge in [-0.25, -0.2) is 0 Å². The molecule has 2 rings (SSSR count). The molecule has 0 atom stereocenters. The Kier molecular flexibility index (Phi) is 3.18. The van der Waals surface area contributed by atoms with Crippen LogP contribution in [0, 0.1) is 0 Å². The lowest BCUT2D eigenvalue weighted by Gasteiger charge is -2.19. The van der Waals surface area contributed by atoms with Crippen LogP contribution in [0.15, 0.2) is 33.9 Å². The van der Waals surface area contributed by atoms with Gasteiger partial charge >= 0.3 is 0 Å². The van der Waals surface area contributed by atoms with Gasteiger partial charge in [0, 0.05) is 6.54 Å². The number of nitrogens with one attached hydrogen (secondary N) is 1. The molecule has 3 N–H and O–H groups in total. The normalized spacial score (nSPS) is 11.7. The van der Waals surface area contributed by atoms with Gasteiger partial charge in [-0.15, -0.1) is 0 Å². The summed E-state index contributed by atoms with van der Waals surface area (Å²) in [6.07, 6.45) is 0. The van der Waals surface area contributed by atoms with Crippen molar-refractivity contribution in [3.63, 3.8) is 0 Å². The van der Waals surface area contributed by atoms with Crippen LogP contribution in [-0.2, 0) is 12.0 Å². The molecule has 0 saturated heterocycles. The van der Waals surface area contributed by atoms with Gasteiger partial charge in [0.25, 0.3) is 10.9 Å². The first-order valence-electron chi connectivity index (χ1n) is 6.23. The van der Waals surface area contributed by atoms with Crippen molar-refractivity contribution in [3.8, 4) is 0 Å². The average Bonchev–Trinajstić information content (AvgIpc) is 2.37. The summed E-state index contributed by atoms with van der Waals surface area (Å²) in [5, 5.41) is 2.91. The topological polar surface area (TPSA) is 72.2 Å². The highest BCUT2D eigenvalue weighted by atomic mass is 16.2. The fraction of sp³-hybridized carbons (Fsp3) is 0.333. The molecular weight excluding hydrogens is 240 g/mol. The molecule has 0 fully saturated rings. The Balaban J connectivity index is 2.06. The van der Waals surface area contributed by atoms with Gasteiger partial charge in [-0.05, 0) is 16.5 Å². The van der Waals surface area contributed by atoms with E-state index in [0.29, 0.717) is 6.54 Å². The van der Waals surface area contributed by atoms with Crippen LogP contribution >= 0.6 is 0 Å². The van der Waals surface area contributed by atoms with Crippen LogP contribution in [-0.4, -0.2) is 0 Å². The fourth-order valence-corrected chi connectivity index (χ4v) is 1.90. The quantitative estimate of drug-likeness (QED) is 0.823. The van der Waals surface area contributed by atoms with Gasteiger partial charge < -0.3 is 11.1 Å². The Morgan fingerprint density at radius 2 is 1.63 bits per heavy atom. The van der Waals surface area contributed by atoms with Crippen molar-refractivity contribution >= 4 is 11.4 Å². The predicted molar refractivity (Wildman–Crippen MR) is 78.2 cm³/mol. The van der Waals surface area contributed by atoms with Crippen LogP contribution in [0.5, 0.6) is 0 Å². The molecule has 2 aromatic carbocycles. The number of nitrogen functional groups attached to an aromatic ring is 1. The Morgan fingerprint density at radius 1 is 1.05 bits per heavy atom. The molecule has 0 spiro atoms. The van der Waals surface area contributed by atoms with Gasteiger partial charge in [0.15, 0.2) is 0 Å². The van der Waals surface area contributed by atoms with Crippen LogP contribution in [0.4, 0.5) is 11.4 Å². The van der Waals surface area contributed by atoms with E-state index in [4.69, 9.17) is 5.73 Å². The lowest BCUT2D eigenvalue weighted by atomic mass is 9.87. The van der Waals surface area contributed by atoms with Crippen molar-refractivity contribution in [1.29, 1.82) is 0 Å². The van der Waals surface area contributed by atoms with Crippen LogP contribution in [0.3, 0.4) is 0 Å². The van der Waals surface area contributed by atoms with Gasteiger partial charge in [0.2, 0.25) is 0 Å². The largest absolute Gasteiger partial charge is 0.394 e. The maximum atomic E-state index is 11.2. The summed E-state index contributed by atoms with van der Waals surface area (Å²) in [5.41, 5.74) is 7.03. The Morgan fingerprint density at radius 3 is 2.11 bits per heavy atom. The zero-order chi connectivity index (χ0) is 14.2. The van der Waals surface area contributed by atoms with E-state index >= 15 is 0 Å². The average molecular weight is 258 g/mol. The van der Waals surface area contributed by atoms with Gasteiger partial charge in [-0.3, -0.25) is 9.59 Å². The maximum absolute atomic E-state index is 11.2. The van der Waals surface area contributed by atoms with E-state index in [-0.39, 0.29) is 16.8 Å². The van der Waals surface area contributed by atoms with Crippen molar-refractivity contribution in [2.24, 2.45) is 0 Å². The second-order valence-electron chi connectivity index (χ2n) is 5.75. The summed E-state index contributed by atoms with van der Waals surface area (Å²) in [6, 6.07) is 8.16. The van der Waals surface area contributed by atoms with Crippen LogP contribution in [0.2, 0.25) is 0 Å². The fourth-order valence-electron chi connectivity index (χ4n) is 1.90. The van der Waals surface area contributed by atoms with Crippen molar-refractivity contribution in [2.45, 2.75) is 32.7 Å². The molecule has 0 amide bonds. The highest BCUT2D eigenvalue weighted by Gasteiger charge is 2.17. The number of hydrogen-bond donors (Lipinski definition) is 2. The van der Waals surface area contributed by atoms with Crippen molar-refractivity contribution in [3.05, 3.63) is 55.8 Å². The van der Waals surface area contributed by atoms with Crippen LogP contribution in [0.1, 0.15) is 31.9 Å². The second-order valence-corrected chi connectivity index (χ2v) is 5.75. The van der Waals surface area contributed by atoms with E-state index in [0.717, 1.165) is 5.56 Å². The molecule has 0 unspecified atom stereocenters. The zero-order valence-electron chi connectivity index (χ0n) is 11.4. The third-order valence-corrected chi connectivity index (χ3v) is 3.24. The Hall–Kier alpha value is -2.10. The number of rotatable bonds is 3. The minimum Gasteiger partial charge on any atom is -0.394 e. The van der Waals surface area contributed by atoms with E-state index in [1.165, 1.54) is 5.56 Å². The van der Waals surface area contributed by atoms with Gasteiger partial charge in [0.1, 0.15) is 11.4 Å². The lowest BCUT2D eigenvalue weighted by Crippen LogP contribution is -2.36. The molecule has 0 aromatic heterocycles. The van der Waals surface area contributed by atoms with Gasteiger partial charge in [0.05, 0.1) is 0 Å². The van der Waals surface area contributed by atoms with Gasteiger partial charge in [-0.1, -0.05) is 45.0 Å². The van der Waals surface area contributed by atoms with E-state index in [9.17, 15) is 9.59 Å². The zero-order valence-corrected chi connectivity index (χ0v) is 11.4. The standard InChI is InChI=1S/C15H18N2O2/c1-15(2,3)10-6-4-9(5-7-10)8-17-12-11(16)13(18)14(12)19/h4-7,17H,8,16H2,1-3H3. The monoisotopic (exact) mass is 258 g/mol. The highest BCUT2D eigenvalue weighted by molar-refractivity contribution is 5.71. The molecule has 0 aliphatic rings. The van der Waals surface area contributed by atoms with Crippen LogP contribution in [0.25, 0.3) is 0 Å². The molecule has 0 heterocycles. The SMILES string of the molecule is CC(C)(C)c1ccc(CNc2c(N)c(=O)c2=O)cc1. The summed E-state index contributed by atoms with van der Waals surface area (Å²) >= 11 is 0. The van der Waals surface area contributed by atoms with Gasteiger partial charge in [-0.2, -0.15) is 0 Å². The third kappa shape index (κ3) is 2.52. The number of nitrogens with two attached hydrogens (primary N) is 1. The molecule has 0 aliphatic carbocycles. The molecule has 0 saturated carbocycles. The first kappa shape index (κ1) is 13.3. The molecule has 100 valence electrons. The number of anilines is 2. The Labute approximate surface area is 112 Å². The summed E-state index contributed by atoms with van der Waals surface area (Å²) < 4.78 is 0. The number of benzene rings is 1. The van der Waals surface area contributed by atoms with Crippen molar-refractivity contribution < 1.29 is 0 Å². The summed E-state index contributed by atoms with van der Waals surface area (Å²) in [4.78, 5) is 22.2. The molecule has 0 bridgehead atoms. The number of hydrogen-bond acceptors (Lipinski definition) is 4. The molecule has 0 radical (unpaired) electrons. The maximum Gasteiger partial charge on any atom is 0.253 e. The molecule has 4 nitrogen and oxygen atoms in total. The Bertz CT molecular complexity index is 657. The molecule has 19 heavy (non-hydrogen) atoms. The minimum atomic E-state index is -0.592. The predicted octanol–water partition coefficient (Wildman–Crippen LogP) is 1.77. The summed E-state index contributed by atoms with van der Waals surface area (Å²) in [5.74, 6) is 0. The minimum absolute atomic E-state index is 0.0383. The van der Waals surface area contributed by atoms with E-state index in [1.54, 1.807) is 0 Å². The first-order chi connectivity index (χ1) is 8.80. The van der Waals surface area contributed by atoms with E-state index < -0.39 is 10.9 Å². The van der Waals surface area contributed by atoms with Crippen LogP contribution < -0.4 is 21.9 Å². The van der Waals surface area contributed by atoms with E-state index in [1.807, 2.05) is 12.1 Å². The summed E-state index contributed by atoms with van der Waals surface area (Å²) in [7, 11) is 0. The molecule has 4 heteroatoms. The second kappa shape index (κ2) is 4.53. The highest BCUT2D eigenvalue weighted by Crippen LogP contribution is 2.22. The van der Waals surface area contributed by atoms with Crippen molar-refractivity contribution in [2.75, 3.05) is 11.1 Å². The van der Waals surface area contributed by atoms with Crippen molar-refractivity contribution in [1.82, 2.24) is 0 Å². The molecular formula is C15H18N2O2. The summed E-state index contributed by atoms with van der Waals surface area (Å²) in [6.45, 7) is 6.96. The smallest absolute Gasteiger partial charge is 0.253 e. The lowest BCUT2D eigenvalue weighted by molar-refractivity contribution is 0.590. The van der Waals surface area contributed by atoms with E-state index in [2.05, 4.69) is 38.2 Å². The molecule has 2 aromatic rings. The molecule has 0 aliphatic heterocycles. The first-order valence-corrected chi connectivity index (χ1v) is 6.23. The third-order valence-electron chi connectivity index (χ3n) is 3.24.